The molecule has 0 aromatic heterocycles. The molecule has 1 saturated heterocycles. The number of nitrogens with zero attached hydrogens (tertiary/aromatic N) is 2. The lowest BCUT2D eigenvalue weighted by Gasteiger charge is -2.25. The number of likely N-dealkylation sites (N-methyl/N-ethyl adjacent to an activating group) is 1. The maximum Gasteiger partial charge on any atom is 0.241 e. The molecule has 1 heterocycles. The highest BCUT2D eigenvalue weighted by Crippen LogP contribution is 2.11. The third-order valence-corrected chi connectivity index (χ3v) is 3.11. The number of rotatable bonds is 6. The monoisotopic (exact) mass is 257 g/mol. The zero-order valence-corrected chi connectivity index (χ0v) is 11.4. The molecule has 1 fully saturated rings. The predicted molar refractivity (Wildman–Crippen MR) is 68.1 cm³/mol. The molecule has 0 aromatic rings. The third kappa shape index (κ3) is 4.27. The molecule has 0 aromatic carbocycles. The van der Waals surface area contributed by atoms with Crippen LogP contribution in [0.5, 0.6) is 0 Å². The van der Waals surface area contributed by atoms with Crippen molar-refractivity contribution in [2.24, 2.45) is 5.92 Å². The first-order valence-corrected chi connectivity index (χ1v) is 6.25. The van der Waals surface area contributed by atoms with Crippen molar-refractivity contribution in [3.05, 3.63) is 0 Å². The average Bonchev–Trinajstić information content (AvgIpc) is 2.86. The fourth-order valence-electron chi connectivity index (χ4n) is 1.90. The van der Waals surface area contributed by atoms with E-state index in [1.54, 1.807) is 26.1 Å². The molecular weight excluding hydrogens is 234 g/mol. The molecule has 1 N–H and O–H groups in total. The van der Waals surface area contributed by atoms with Crippen LogP contribution in [-0.2, 0) is 14.3 Å². The Kier molecular flexibility index (Phi) is 6.07. The summed E-state index contributed by atoms with van der Waals surface area (Å²) in [6, 6.07) is 0. The smallest absolute Gasteiger partial charge is 0.241 e. The summed E-state index contributed by atoms with van der Waals surface area (Å²) in [7, 11) is 4.98. The fourth-order valence-corrected chi connectivity index (χ4v) is 1.90. The summed E-state index contributed by atoms with van der Waals surface area (Å²) in [6.07, 6.45) is 0.846. The van der Waals surface area contributed by atoms with Gasteiger partial charge in [0, 0.05) is 34.3 Å². The molecule has 1 aliphatic rings. The zero-order valence-electron chi connectivity index (χ0n) is 11.4. The third-order valence-electron chi connectivity index (χ3n) is 3.11. The zero-order chi connectivity index (χ0) is 13.5. The van der Waals surface area contributed by atoms with E-state index in [1.165, 1.54) is 4.90 Å². The van der Waals surface area contributed by atoms with Crippen molar-refractivity contribution in [1.82, 2.24) is 15.1 Å². The SMILES string of the molecule is COCCN(CC(=O)N(C)C)C(=O)C1CCNC1. The molecule has 1 atom stereocenters. The second kappa shape index (κ2) is 7.33. The molecule has 0 bridgehead atoms. The molecule has 0 aliphatic carbocycles. The maximum absolute atomic E-state index is 12.3. The van der Waals surface area contributed by atoms with Crippen LogP contribution < -0.4 is 5.32 Å². The topological polar surface area (TPSA) is 61.9 Å². The molecule has 104 valence electrons. The molecule has 2 amide bonds. The average molecular weight is 257 g/mol. The van der Waals surface area contributed by atoms with Gasteiger partial charge in [-0.3, -0.25) is 9.59 Å². The number of methoxy groups -OCH3 is 1. The lowest BCUT2D eigenvalue weighted by atomic mass is 10.1. The van der Waals surface area contributed by atoms with Gasteiger partial charge < -0.3 is 19.9 Å². The summed E-state index contributed by atoms with van der Waals surface area (Å²) < 4.78 is 4.99. The van der Waals surface area contributed by atoms with E-state index in [2.05, 4.69) is 5.32 Å². The minimum absolute atomic E-state index is 0.00295. The van der Waals surface area contributed by atoms with Crippen molar-refractivity contribution >= 4 is 11.8 Å². The van der Waals surface area contributed by atoms with Crippen LogP contribution >= 0.6 is 0 Å². The van der Waals surface area contributed by atoms with Crippen LogP contribution in [0.15, 0.2) is 0 Å². The van der Waals surface area contributed by atoms with Crippen molar-refractivity contribution in [3.63, 3.8) is 0 Å². The van der Waals surface area contributed by atoms with Gasteiger partial charge >= 0.3 is 0 Å². The molecule has 18 heavy (non-hydrogen) atoms. The first-order chi connectivity index (χ1) is 8.56. The molecule has 1 rings (SSSR count). The molecule has 0 saturated carbocycles. The highest BCUT2D eigenvalue weighted by molar-refractivity contribution is 5.86. The second-order valence-corrected chi connectivity index (χ2v) is 4.73. The highest BCUT2D eigenvalue weighted by Gasteiger charge is 2.28. The van der Waals surface area contributed by atoms with Crippen molar-refractivity contribution < 1.29 is 14.3 Å². The first-order valence-electron chi connectivity index (χ1n) is 6.25. The normalized spacial score (nSPS) is 18.7. The van der Waals surface area contributed by atoms with Crippen molar-refractivity contribution in [2.75, 3.05) is 54.0 Å². The number of hydrogen-bond acceptors (Lipinski definition) is 4. The number of carbonyl (C=O) groups is 2. The van der Waals surface area contributed by atoms with Crippen LogP contribution in [0.4, 0.5) is 0 Å². The number of nitrogens with one attached hydrogen (secondary N) is 1. The molecule has 1 unspecified atom stereocenters. The van der Waals surface area contributed by atoms with E-state index in [1.807, 2.05) is 0 Å². The van der Waals surface area contributed by atoms with Crippen LogP contribution in [-0.4, -0.2) is 75.6 Å². The van der Waals surface area contributed by atoms with Gasteiger partial charge in [0.2, 0.25) is 11.8 Å². The Morgan fingerprint density at radius 1 is 1.39 bits per heavy atom. The summed E-state index contributed by atoms with van der Waals surface area (Å²) in [5.41, 5.74) is 0. The fraction of sp³-hybridized carbons (Fsp3) is 0.833. The highest BCUT2D eigenvalue weighted by atomic mass is 16.5. The van der Waals surface area contributed by atoms with Gasteiger partial charge in [0.1, 0.15) is 0 Å². The molecule has 0 spiro atoms. The van der Waals surface area contributed by atoms with Crippen molar-refractivity contribution in [1.29, 1.82) is 0 Å². The van der Waals surface area contributed by atoms with Crippen LogP contribution in [0.3, 0.4) is 0 Å². The largest absolute Gasteiger partial charge is 0.383 e. The van der Waals surface area contributed by atoms with Gasteiger partial charge in [-0.05, 0) is 13.0 Å². The number of ether oxygens (including phenoxy) is 1. The van der Waals surface area contributed by atoms with Crippen LogP contribution in [0.25, 0.3) is 0 Å². The van der Waals surface area contributed by atoms with E-state index in [-0.39, 0.29) is 24.3 Å². The minimum atomic E-state index is -0.0644. The summed E-state index contributed by atoms with van der Waals surface area (Å²) in [5, 5.41) is 3.17. The maximum atomic E-state index is 12.3. The Morgan fingerprint density at radius 3 is 2.61 bits per heavy atom. The Balaban J connectivity index is 2.58. The summed E-state index contributed by atoms with van der Waals surface area (Å²) >= 11 is 0. The molecule has 0 radical (unpaired) electrons. The minimum Gasteiger partial charge on any atom is -0.383 e. The van der Waals surface area contributed by atoms with E-state index in [4.69, 9.17) is 4.74 Å². The number of hydrogen-bond donors (Lipinski definition) is 1. The van der Waals surface area contributed by atoms with E-state index < -0.39 is 0 Å². The second-order valence-electron chi connectivity index (χ2n) is 4.73. The Morgan fingerprint density at radius 2 is 2.11 bits per heavy atom. The summed E-state index contributed by atoms with van der Waals surface area (Å²) in [6.45, 7) is 2.62. The van der Waals surface area contributed by atoms with E-state index in [9.17, 15) is 9.59 Å². The van der Waals surface area contributed by atoms with E-state index in [0.29, 0.717) is 19.7 Å². The quantitative estimate of drug-likeness (QED) is 0.674. The van der Waals surface area contributed by atoms with E-state index in [0.717, 1.165) is 13.0 Å². The van der Waals surface area contributed by atoms with Crippen LogP contribution in [0.1, 0.15) is 6.42 Å². The van der Waals surface area contributed by atoms with Gasteiger partial charge in [-0.25, -0.2) is 0 Å². The molecule has 6 heteroatoms. The Bertz CT molecular complexity index is 288. The van der Waals surface area contributed by atoms with Gasteiger partial charge in [-0.2, -0.15) is 0 Å². The van der Waals surface area contributed by atoms with Crippen molar-refractivity contribution in [2.45, 2.75) is 6.42 Å². The van der Waals surface area contributed by atoms with Crippen LogP contribution in [0, 0.1) is 5.92 Å². The first kappa shape index (κ1) is 14.9. The van der Waals surface area contributed by atoms with Gasteiger partial charge in [0.15, 0.2) is 0 Å². The van der Waals surface area contributed by atoms with Gasteiger partial charge in [-0.15, -0.1) is 0 Å². The summed E-state index contributed by atoms with van der Waals surface area (Å²) in [4.78, 5) is 27.1. The number of amides is 2. The van der Waals surface area contributed by atoms with E-state index >= 15 is 0 Å². The molecule has 6 nitrogen and oxygen atoms in total. The molecule has 1 aliphatic heterocycles. The Hall–Kier alpha value is -1.14. The van der Waals surface area contributed by atoms with Crippen molar-refractivity contribution in [3.8, 4) is 0 Å². The number of carbonyl (C=O) groups excluding carboxylic acids is 2. The van der Waals surface area contributed by atoms with Gasteiger partial charge in [0.25, 0.3) is 0 Å². The summed E-state index contributed by atoms with van der Waals surface area (Å²) in [5.74, 6) is -0.0190. The van der Waals surface area contributed by atoms with Gasteiger partial charge in [-0.1, -0.05) is 0 Å². The predicted octanol–water partition coefficient (Wildman–Crippen LogP) is -0.841. The standard InChI is InChI=1S/C12H23N3O3/c1-14(2)11(16)9-15(6-7-18-3)12(17)10-4-5-13-8-10/h10,13H,4-9H2,1-3H3. The lowest BCUT2D eigenvalue weighted by molar-refractivity contribution is -0.142. The van der Waals surface area contributed by atoms with Crippen LogP contribution in [0.2, 0.25) is 0 Å². The Labute approximate surface area is 108 Å². The molecular formula is C12H23N3O3. The lowest BCUT2D eigenvalue weighted by Crippen LogP contribution is -2.44. The van der Waals surface area contributed by atoms with Gasteiger partial charge in [0.05, 0.1) is 19.1 Å².